The standard InChI is InChI=1S/C15H21NO/c1-10-5-4-6-12-9-15(3,8-7-13(16)17)11(2)14(10)12/h4-6,11H,7-9H2,1-3H3,(H2,16,17)/t11-,15+/m1/s1. The SMILES string of the molecule is Cc1cccc2c1[C@@H](C)[C@@](C)(CCC(N)=O)C2. The second-order valence-electron chi connectivity index (χ2n) is 5.67. The van der Waals surface area contributed by atoms with Gasteiger partial charge in [0.25, 0.3) is 0 Å². The van der Waals surface area contributed by atoms with Gasteiger partial charge in [-0.15, -0.1) is 0 Å². The summed E-state index contributed by atoms with van der Waals surface area (Å²) in [7, 11) is 0. The predicted molar refractivity (Wildman–Crippen MR) is 69.8 cm³/mol. The Labute approximate surface area is 103 Å². The molecule has 0 saturated heterocycles. The highest BCUT2D eigenvalue weighted by molar-refractivity contribution is 5.73. The van der Waals surface area contributed by atoms with Gasteiger partial charge in [-0.1, -0.05) is 32.0 Å². The number of benzene rings is 1. The number of aryl methyl sites for hydroxylation is 1. The van der Waals surface area contributed by atoms with Gasteiger partial charge < -0.3 is 5.73 Å². The number of carbonyl (C=O) groups excluding carboxylic acids is 1. The third-order valence-corrected chi connectivity index (χ3v) is 4.43. The van der Waals surface area contributed by atoms with Gasteiger partial charge in [0.05, 0.1) is 0 Å². The number of amides is 1. The Kier molecular flexibility index (Phi) is 2.98. The van der Waals surface area contributed by atoms with E-state index in [2.05, 4.69) is 39.0 Å². The molecule has 92 valence electrons. The average molecular weight is 231 g/mol. The van der Waals surface area contributed by atoms with E-state index in [1.165, 1.54) is 16.7 Å². The molecule has 2 N–H and O–H groups in total. The minimum atomic E-state index is -0.189. The summed E-state index contributed by atoms with van der Waals surface area (Å²) >= 11 is 0. The average Bonchev–Trinajstić information content (AvgIpc) is 2.51. The van der Waals surface area contributed by atoms with Crippen LogP contribution in [0.2, 0.25) is 0 Å². The van der Waals surface area contributed by atoms with Crippen LogP contribution in [0.3, 0.4) is 0 Å². The van der Waals surface area contributed by atoms with E-state index in [9.17, 15) is 4.79 Å². The van der Waals surface area contributed by atoms with E-state index in [0.29, 0.717) is 12.3 Å². The lowest BCUT2D eigenvalue weighted by atomic mass is 9.75. The van der Waals surface area contributed by atoms with E-state index >= 15 is 0 Å². The van der Waals surface area contributed by atoms with Gasteiger partial charge >= 0.3 is 0 Å². The fourth-order valence-electron chi connectivity index (χ4n) is 3.17. The van der Waals surface area contributed by atoms with Crippen molar-refractivity contribution in [1.29, 1.82) is 0 Å². The topological polar surface area (TPSA) is 43.1 Å². The van der Waals surface area contributed by atoms with Crippen molar-refractivity contribution in [2.45, 2.75) is 46.0 Å². The van der Waals surface area contributed by atoms with Gasteiger partial charge in [0.2, 0.25) is 5.91 Å². The fraction of sp³-hybridized carbons (Fsp3) is 0.533. The Morgan fingerprint density at radius 3 is 2.82 bits per heavy atom. The van der Waals surface area contributed by atoms with Crippen LogP contribution in [0.5, 0.6) is 0 Å². The van der Waals surface area contributed by atoms with Crippen molar-refractivity contribution in [3.8, 4) is 0 Å². The number of carbonyl (C=O) groups is 1. The minimum Gasteiger partial charge on any atom is -0.370 e. The molecule has 2 nitrogen and oxygen atoms in total. The molecule has 1 aromatic rings. The monoisotopic (exact) mass is 231 g/mol. The van der Waals surface area contributed by atoms with Gasteiger partial charge in [-0.05, 0) is 47.8 Å². The van der Waals surface area contributed by atoms with Crippen LogP contribution >= 0.6 is 0 Å². The Morgan fingerprint density at radius 2 is 2.24 bits per heavy atom. The van der Waals surface area contributed by atoms with Crippen LogP contribution < -0.4 is 5.73 Å². The molecule has 17 heavy (non-hydrogen) atoms. The van der Waals surface area contributed by atoms with Crippen molar-refractivity contribution in [2.24, 2.45) is 11.1 Å². The molecule has 0 unspecified atom stereocenters. The normalized spacial score (nSPS) is 26.9. The van der Waals surface area contributed by atoms with Gasteiger partial charge in [-0.2, -0.15) is 0 Å². The molecule has 1 aliphatic rings. The molecule has 0 aromatic heterocycles. The first-order valence-corrected chi connectivity index (χ1v) is 6.31. The quantitative estimate of drug-likeness (QED) is 0.854. The van der Waals surface area contributed by atoms with Crippen molar-refractivity contribution in [3.63, 3.8) is 0 Å². The van der Waals surface area contributed by atoms with E-state index in [-0.39, 0.29) is 11.3 Å². The summed E-state index contributed by atoms with van der Waals surface area (Å²) in [5, 5.41) is 0. The number of hydrogen-bond acceptors (Lipinski definition) is 1. The van der Waals surface area contributed by atoms with Crippen LogP contribution in [0.1, 0.15) is 49.3 Å². The number of fused-ring (bicyclic) bond motifs is 1. The Hall–Kier alpha value is -1.31. The zero-order valence-corrected chi connectivity index (χ0v) is 10.9. The maximum absolute atomic E-state index is 11.0. The summed E-state index contributed by atoms with van der Waals surface area (Å²) < 4.78 is 0. The summed E-state index contributed by atoms with van der Waals surface area (Å²) in [4.78, 5) is 11.0. The van der Waals surface area contributed by atoms with Gasteiger partial charge in [0, 0.05) is 6.42 Å². The highest BCUT2D eigenvalue weighted by Gasteiger charge is 2.40. The van der Waals surface area contributed by atoms with Crippen LogP contribution in [0.15, 0.2) is 18.2 Å². The Bertz CT molecular complexity index is 452. The zero-order valence-electron chi connectivity index (χ0n) is 10.9. The van der Waals surface area contributed by atoms with Crippen LogP contribution in [0.4, 0.5) is 0 Å². The third kappa shape index (κ3) is 2.08. The number of nitrogens with two attached hydrogens (primary N) is 1. The molecule has 0 bridgehead atoms. The molecule has 0 saturated carbocycles. The first-order chi connectivity index (χ1) is 7.94. The summed E-state index contributed by atoms with van der Waals surface area (Å²) in [5.41, 5.74) is 9.76. The molecule has 2 atom stereocenters. The first-order valence-electron chi connectivity index (χ1n) is 6.31. The zero-order chi connectivity index (χ0) is 12.6. The van der Waals surface area contributed by atoms with Crippen LogP contribution in [0.25, 0.3) is 0 Å². The molecule has 0 fully saturated rings. The molecule has 2 rings (SSSR count). The molecule has 0 heterocycles. The number of hydrogen-bond donors (Lipinski definition) is 1. The van der Waals surface area contributed by atoms with Crippen LogP contribution in [-0.2, 0) is 11.2 Å². The van der Waals surface area contributed by atoms with Crippen molar-refractivity contribution in [1.82, 2.24) is 0 Å². The number of rotatable bonds is 3. The Balaban J connectivity index is 2.27. The first kappa shape index (κ1) is 12.2. The molecule has 1 aliphatic carbocycles. The molecule has 0 spiro atoms. The predicted octanol–water partition coefficient (Wildman–Crippen LogP) is 2.93. The molecule has 0 aliphatic heterocycles. The third-order valence-electron chi connectivity index (χ3n) is 4.43. The second kappa shape index (κ2) is 4.17. The summed E-state index contributed by atoms with van der Waals surface area (Å²) in [5.74, 6) is 0.323. The van der Waals surface area contributed by atoms with Crippen molar-refractivity contribution in [3.05, 3.63) is 34.9 Å². The van der Waals surface area contributed by atoms with E-state index < -0.39 is 0 Å². The van der Waals surface area contributed by atoms with E-state index in [4.69, 9.17) is 5.73 Å². The van der Waals surface area contributed by atoms with Gasteiger partial charge in [-0.25, -0.2) is 0 Å². The molecule has 1 aromatic carbocycles. The van der Waals surface area contributed by atoms with Gasteiger partial charge in [0.1, 0.15) is 0 Å². The lowest BCUT2D eigenvalue weighted by Gasteiger charge is -2.29. The largest absolute Gasteiger partial charge is 0.370 e. The Morgan fingerprint density at radius 1 is 1.53 bits per heavy atom. The maximum Gasteiger partial charge on any atom is 0.217 e. The van der Waals surface area contributed by atoms with E-state index in [1.807, 2.05) is 0 Å². The lowest BCUT2D eigenvalue weighted by Crippen LogP contribution is -2.23. The molecule has 0 radical (unpaired) electrons. The van der Waals surface area contributed by atoms with Crippen molar-refractivity contribution < 1.29 is 4.79 Å². The van der Waals surface area contributed by atoms with Crippen LogP contribution in [-0.4, -0.2) is 5.91 Å². The highest BCUT2D eigenvalue weighted by Crippen LogP contribution is 2.50. The van der Waals surface area contributed by atoms with E-state index in [1.54, 1.807) is 0 Å². The summed E-state index contributed by atoms with van der Waals surface area (Å²) in [6, 6.07) is 6.52. The molecular formula is C15H21NO. The van der Waals surface area contributed by atoms with Gasteiger partial charge in [-0.3, -0.25) is 4.79 Å². The minimum absolute atomic E-state index is 0.184. The summed E-state index contributed by atoms with van der Waals surface area (Å²) in [6.45, 7) is 6.73. The molecule has 2 heteroatoms. The highest BCUT2D eigenvalue weighted by atomic mass is 16.1. The van der Waals surface area contributed by atoms with E-state index in [0.717, 1.165) is 12.8 Å². The van der Waals surface area contributed by atoms with Gasteiger partial charge in [0.15, 0.2) is 0 Å². The smallest absolute Gasteiger partial charge is 0.217 e. The summed E-state index contributed by atoms with van der Waals surface area (Å²) in [6.07, 6.45) is 2.45. The van der Waals surface area contributed by atoms with Crippen LogP contribution in [0, 0.1) is 12.3 Å². The van der Waals surface area contributed by atoms with Crippen molar-refractivity contribution >= 4 is 5.91 Å². The molecular weight excluding hydrogens is 210 g/mol. The number of primary amides is 1. The molecule has 1 amide bonds. The second-order valence-corrected chi connectivity index (χ2v) is 5.67. The maximum atomic E-state index is 11.0. The van der Waals surface area contributed by atoms with Crippen molar-refractivity contribution in [2.75, 3.05) is 0 Å². The fourth-order valence-corrected chi connectivity index (χ4v) is 3.17. The lowest BCUT2D eigenvalue weighted by molar-refractivity contribution is -0.118.